The molecule has 0 fully saturated rings. The van der Waals surface area contributed by atoms with Gasteiger partial charge in [-0.2, -0.15) is 9.78 Å². The number of aromatic nitrogens is 2. The van der Waals surface area contributed by atoms with Crippen LogP contribution in [-0.2, 0) is 0 Å². The molecule has 0 radical (unpaired) electrons. The van der Waals surface area contributed by atoms with Crippen LogP contribution in [0.1, 0.15) is 21.5 Å². The van der Waals surface area contributed by atoms with Crippen LogP contribution in [-0.4, -0.2) is 26.8 Å². The van der Waals surface area contributed by atoms with E-state index >= 15 is 0 Å². The first-order valence-electron chi connectivity index (χ1n) is 11.6. The molecule has 0 aliphatic carbocycles. The van der Waals surface area contributed by atoms with E-state index < -0.39 is 16.5 Å². The summed E-state index contributed by atoms with van der Waals surface area (Å²) in [6.07, 6.45) is 1.25. The minimum absolute atomic E-state index is 0.0499. The maximum atomic E-state index is 13.4. The molecule has 0 amide bonds. The number of nitrogens with zero attached hydrogens (tertiary/aromatic N) is 4. The van der Waals surface area contributed by atoms with Gasteiger partial charge in [-0.3, -0.25) is 14.9 Å². The summed E-state index contributed by atoms with van der Waals surface area (Å²) in [5, 5.41) is 16.2. The predicted molar refractivity (Wildman–Crippen MR) is 144 cm³/mol. The fourth-order valence-electron chi connectivity index (χ4n) is 3.90. The van der Waals surface area contributed by atoms with Crippen LogP contribution in [0.5, 0.6) is 5.75 Å². The highest BCUT2D eigenvalue weighted by atomic mass is 16.6. The Morgan fingerprint density at radius 3 is 2.50 bits per heavy atom. The van der Waals surface area contributed by atoms with Crippen molar-refractivity contribution in [2.45, 2.75) is 6.92 Å². The Morgan fingerprint density at radius 1 is 0.974 bits per heavy atom. The van der Waals surface area contributed by atoms with E-state index in [1.54, 1.807) is 54.6 Å². The molecule has 4 aromatic carbocycles. The van der Waals surface area contributed by atoms with Gasteiger partial charge in [-0.1, -0.05) is 60.2 Å². The van der Waals surface area contributed by atoms with E-state index in [9.17, 15) is 19.7 Å². The van der Waals surface area contributed by atoms with Crippen molar-refractivity contribution in [3.63, 3.8) is 0 Å². The lowest BCUT2D eigenvalue weighted by Gasteiger charge is -2.10. The number of carbonyl (C=O) groups is 1. The van der Waals surface area contributed by atoms with Crippen molar-refractivity contribution >= 4 is 28.8 Å². The zero-order chi connectivity index (χ0) is 26.6. The van der Waals surface area contributed by atoms with Crippen LogP contribution in [0.4, 0.5) is 5.69 Å². The van der Waals surface area contributed by atoms with Crippen LogP contribution in [0, 0.1) is 17.0 Å². The van der Waals surface area contributed by atoms with Crippen molar-refractivity contribution < 1.29 is 14.5 Å². The monoisotopic (exact) mass is 504 g/mol. The van der Waals surface area contributed by atoms with Crippen molar-refractivity contribution in [1.82, 2.24) is 9.66 Å². The van der Waals surface area contributed by atoms with E-state index in [2.05, 4.69) is 10.1 Å². The lowest BCUT2D eigenvalue weighted by molar-refractivity contribution is -0.384. The predicted octanol–water partition coefficient (Wildman–Crippen LogP) is 5.38. The summed E-state index contributed by atoms with van der Waals surface area (Å²) in [6.45, 7) is 1.85. The minimum atomic E-state index is -0.633. The molecule has 0 saturated carbocycles. The second kappa shape index (κ2) is 10.3. The summed E-state index contributed by atoms with van der Waals surface area (Å²) in [5.74, 6) is -0.296. The molecule has 186 valence electrons. The van der Waals surface area contributed by atoms with Gasteiger partial charge in [0.2, 0.25) is 0 Å². The van der Waals surface area contributed by atoms with Crippen molar-refractivity contribution in [1.29, 1.82) is 0 Å². The van der Waals surface area contributed by atoms with Crippen LogP contribution < -0.4 is 10.3 Å². The Labute approximate surface area is 216 Å². The van der Waals surface area contributed by atoms with Gasteiger partial charge in [0.15, 0.2) is 5.82 Å². The van der Waals surface area contributed by atoms with Crippen LogP contribution in [0.2, 0.25) is 0 Å². The number of fused-ring (bicyclic) bond motifs is 1. The highest BCUT2D eigenvalue weighted by Gasteiger charge is 2.17. The number of aryl methyl sites for hydroxylation is 1. The lowest BCUT2D eigenvalue weighted by atomic mass is 10.1. The highest BCUT2D eigenvalue weighted by Crippen LogP contribution is 2.25. The SMILES string of the molecule is Cc1cccc(C(=O)Oc2ccc([N+](=O)[O-])cc2C=Nn2c(-c3ccccc3)nc3ccccc3c2=O)c1. The molecule has 5 aromatic rings. The Hall–Kier alpha value is -5.44. The van der Waals surface area contributed by atoms with Crippen LogP contribution in [0.3, 0.4) is 0 Å². The van der Waals surface area contributed by atoms with Gasteiger partial charge in [0.25, 0.3) is 11.2 Å². The number of nitro benzene ring substituents is 1. The molecule has 0 unspecified atom stereocenters. The molecule has 0 spiro atoms. The zero-order valence-corrected chi connectivity index (χ0v) is 20.1. The molecule has 1 heterocycles. The van der Waals surface area contributed by atoms with Gasteiger partial charge >= 0.3 is 5.97 Å². The summed E-state index contributed by atoms with van der Waals surface area (Å²) in [5.41, 5.74) is 1.85. The number of hydrogen-bond donors (Lipinski definition) is 0. The molecule has 0 saturated heterocycles. The smallest absolute Gasteiger partial charge is 0.343 e. The summed E-state index contributed by atoms with van der Waals surface area (Å²) in [4.78, 5) is 41.7. The average molecular weight is 505 g/mol. The Morgan fingerprint density at radius 2 is 1.74 bits per heavy atom. The van der Waals surface area contributed by atoms with Crippen molar-refractivity contribution in [2.24, 2.45) is 5.10 Å². The van der Waals surface area contributed by atoms with Gasteiger partial charge < -0.3 is 4.74 Å². The molecule has 38 heavy (non-hydrogen) atoms. The molecule has 1 aromatic heterocycles. The van der Waals surface area contributed by atoms with Gasteiger partial charge in [-0.25, -0.2) is 9.78 Å². The fraction of sp³-hybridized carbons (Fsp3) is 0.0345. The molecule has 0 aliphatic rings. The number of rotatable bonds is 6. The Bertz CT molecular complexity index is 1780. The largest absolute Gasteiger partial charge is 0.422 e. The van der Waals surface area contributed by atoms with Gasteiger partial charge in [-0.05, 0) is 37.3 Å². The van der Waals surface area contributed by atoms with Crippen LogP contribution in [0.15, 0.2) is 107 Å². The third-order valence-electron chi connectivity index (χ3n) is 5.76. The first-order chi connectivity index (χ1) is 18.4. The molecular formula is C29H20N4O5. The minimum Gasteiger partial charge on any atom is -0.422 e. The molecule has 5 rings (SSSR count). The number of non-ortho nitro benzene ring substituents is 1. The number of hydrogen-bond acceptors (Lipinski definition) is 7. The third-order valence-corrected chi connectivity index (χ3v) is 5.76. The molecule has 9 heteroatoms. The Kier molecular flexibility index (Phi) is 6.56. The topological polar surface area (TPSA) is 117 Å². The van der Waals surface area contributed by atoms with E-state index in [1.807, 2.05) is 31.2 Å². The van der Waals surface area contributed by atoms with Gasteiger partial charge in [0, 0.05) is 23.3 Å². The quantitative estimate of drug-likeness (QED) is 0.101. The van der Waals surface area contributed by atoms with Gasteiger partial charge in [0.05, 0.1) is 27.6 Å². The van der Waals surface area contributed by atoms with Crippen LogP contribution >= 0.6 is 0 Å². The van der Waals surface area contributed by atoms with Gasteiger partial charge in [-0.15, -0.1) is 0 Å². The zero-order valence-electron chi connectivity index (χ0n) is 20.1. The first-order valence-corrected chi connectivity index (χ1v) is 11.6. The molecular weight excluding hydrogens is 484 g/mol. The van der Waals surface area contributed by atoms with E-state index in [-0.39, 0.29) is 22.8 Å². The van der Waals surface area contributed by atoms with E-state index in [4.69, 9.17) is 4.74 Å². The third kappa shape index (κ3) is 4.93. The first kappa shape index (κ1) is 24.3. The van der Waals surface area contributed by atoms with Gasteiger partial charge in [0.1, 0.15) is 5.75 Å². The molecule has 0 N–H and O–H groups in total. The number of benzene rings is 4. The normalized spacial score (nSPS) is 11.1. The number of ether oxygens (including phenoxy) is 1. The van der Waals surface area contributed by atoms with Crippen molar-refractivity contribution in [3.05, 3.63) is 134 Å². The number of nitro groups is 1. The number of esters is 1. The summed E-state index contributed by atoms with van der Waals surface area (Å²) in [6, 6.07) is 26.6. The van der Waals surface area contributed by atoms with Crippen molar-refractivity contribution in [2.75, 3.05) is 0 Å². The summed E-state index contributed by atoms with van der Waals surface area (Å²) in [7, 11) is 0. The van der Waals surface area contributed by atoms with Crippen LogP contribution in [0.25, 0.3) is 22.3 Å². The maximum absolute atomic E-state index is 13.4. The summed E-state index contributed by atoms with van der Waals surface area (Å²) >= 11 is 0. The highest BCUT2D eigenvalue weighted by molar-refractivity contribution is 5.93. The molecule has 0 atom stereocenters. The molecule has 0 aliphatic heterocycles. The molecule has 0 bridgehead atoms. The number of para-hydroxylation sites is 1. The van der Waals surface area contributed by atoms with E-state index in [0.717, 1.165) is 10.2 Å². The lowest BCUT2D eigenvalue weighted by Crippen LogP contribution is -2.20. The summed E-state index contributed by atoms with van der Waals surface area (Å²) < 4.78 is 6.70. The standard InChI is InChI=1S/C29H20N4O5/c1-19-8-7-11-21(16-19)29(35)38-26-15-14-23(33(36)37)17-22(26)18-30-32-27(20-9-3-2-4-10-20)31-25-13-6-5-12-24(25)28(32)34/h2-18H,1H3. The average Bonchev–Trinajstić information content (AvgIpc) is 2.93. The van der Waals surface area contributed by atoms with Crippen molar-refractivity contribution in [3.8, 4) is 17.1 Å². The van der Waals surface area contributed by atoms with E-state index in [1.165, 1.54) is 24.4 Å². The second-order valence-corrected chi connectivity index (χ2v) is 8.42. The van der Waals surface area contributed by atoms with E-state index in [0.29, 0.717) is 22.0 Å². The molecule has 9 nitrogen and oxygen atoms in total. The second-order valence-electron chi connectivity index (χ2n) is 8.42. The fourth-order valence-corrected chi connectivity index (χ4v) is 3.90. The number of carbonyl (C=O) groups excluding carboxylic acids is 1. The Balaban J connectivity index is 1.62. The maximum Gasteiger partial charge on any atom is 0.343 e.